The van der Waals surface area contributed by atoms with Crippen LogP contribution in [0.25, 0.3) is 11.1 Å². The fraction of sp³-hybridized carbons (Fsp3) is 0.250. The molecule has 0 radical (unpaired) electrons. The molecule has 3 aromatic rings. The van der Waals surface area contributed by atoms with E-state index in [1.165, 1.54) is 11.5 Å². The van der Waals surface area contributed by atoms with E-state index >= 15 is 0 Å². The van der Waals surface area contributed by atoms with E-state index < -0.39 is 23.7 Å². The third-order valence-corrected chi connectivity index (χ3v) is 4.73. The van der Waals surface area contributed by atoms with Gasteiger partial charge in [0, 0.05) is 17.3 Å². The first kappa shape index (κ1) is 19.7. The number of halogens is 1. The summed E-state index contributed by atoms with van der Waals surface area (Å²) < 4.78 is 11.7. The van der Waals surface area contributed by atoms with Crippen LogP contribution in [0.1, 0.15) is 18.9 Å². The normalized spacial score (nSPS) is 12.0. The quantitative estimate of drug-likeness (QED) is 0.637. The van der Waals surface area contributed by atoms with Crippen LogP contribution in [-0.2, 0) is 20.9 Å². The van der Waals surface area contributed by atoms with Crippen LogP contribution >= 0.6 is 11.6 Å². The first-order valence-corrected chi connectivity index (χ1v) is 9.08. The Hall–Kier alpha value is -3.06. The molecular weight excluding hydrogens is 384 g/mol. The minimum atomic E-state index is -0.997. The van der Waals surface area contributed by atoms with Gasteiger partial charge in [-0.3, -0.25) is 14.2 Å². The minimum absolute atomic E-state index is 0.0722. The van der Waals surface area contributed by atoms with Crippen molar-refractivity contribution in [2.24, 2.45) is 0 Å². The monoisotopic (exact) mass is 402 g/mol. The van der Waals surface area contributed by atoms with Gasteiger partial charge in [0.15, 0.2) is 11.7 Å². The number of ether oxygens (including phenoxy) is 1. The van der Waals surface area contributed by atoms with Gasteiger partial charge < -0.3 is 14.5 Å². The maximum absolute atomic E-state index is 12.3. The van der Waals surface area contributed by atoms with Gasteiger partial charge in [-0.05, 0) is 43.7 Å². The van der Waals surface area contributed by atoms with Gasteiger partial charge in [-0.1, -0.05) is 29.8 Å². The Morgan fingerprint density at radius 1 is 1.21 bits per heavy atom. The molecule has 7 nitrogen and oxygen atoms in total. The van der Waals surface area contributed by atoms with Crippen LogP contribution in [0.2, 0.25) is 5.02 Å². The molecule has 0 saturated carbocycles. The van der Waals surface area contributed by atoms with Gasteiger partial charge in [0.05, 0.1) is 11.9 Å². The Bertz CT molecular complexity index is 1090. The summed E-state index contributed by atoms with van der Waals surface area (Å²) in [5.74, 6) is -1.61. The van der Waals surface area contributed by atoms with Crippen LogP contribution in [0.4, 0.5) is 5.69 Å². The van der Waals surface area contributed by atoms with E-state index in [-0.39, 0.29) is 13.0 Å². The maximum atomic E-state index is 12.3. The highest BCUT2D eigenvalue weighted by Crippen LogP contribution is 2.23. The Morgan fingerprint density at radius 3 is 2.75 bits per heavy atom. The van der Waals surface area contributed by atoms with E-state index in [1.807, 2.05) is 0 Å². The number of hydrogen-bond acceptors (Lipinski definition) is 5. The lowest BCUT2D eigenvalue weighted by Crippen LogP contribution is -2.30. The van der Waals surface area contributed by atoms with Gasteiger partial charge in [-0.15, -0.1) is 0 Å². The van der Waals surface area contributed by atoms with E-state index in [9.17, 15) is 14.4 Å². The average molecular weight is 403 g/mol. The highest BCUT2D eigenvalue weighted by Gasteiger charge is 2.19. The van der Waals surface area contributed by atoms with Crippen molar-refractivity contribution in [3.63, 3.8) is 0 Å². The van der Waals surface area contributed by atoms with Crippen LogP contribution in [-0.4, -0.2) is 22.5 Å². The number of aromatic nitrogens is 1. The van der Waals surface area contributed by atoms with Crippen molar-refractivity contribution in [3.05, 3.63) is 63.6 Å². The highest BCUT2D eigenvalue weighted by atomic mass is 35.5. The van der Waals surface area contributed by atoms with Gasteiger partial charge in [0.2, 0.25) is 0 Å². The topological polar surface area (TPSA) is 90.5 Å². The van der Waals surface area contributed by atoms with Gasteiger partial charge in [-0.25, -0.2) is 4.79 Å². The lowest BCUT2D eigenvalue weighted by Gasteiger charge is -2.15. The lowest BCUT2D eigenvalue weighted by atomic mass is 10.2. The third-order valence-electron chi connectivity index (χ3n) is 4.32. The first-order valence-electron chi connectivity index (χ1n) is 8.70. The molecule has 0 aliphatic heterocycles. The molecule has 0 unspecified atom stereocenters. The Labute approximate surface area is 165 Å². The average Bonchev–Trinajstić information content (AvgIpc) is 2.98. The number of fused-ring (bicyclic) bond motifs is 1. The van der Waals surface area contributed by atoms with Crippen molar-refractivity contribution in [2.75, 3.05) is 5.32 Å². The molecule has 0 saturated heterocycles. The number of aryl methyl sites for hydroxylation is 1. The number of amides is 1. The zero-order valence-corrected chi connectivity index (χ0v) is 16.2. The zero-order chi connectivity index (χ0) is 20.3. The number of rotatable bonds is 6. The fourth-order valence-electron chi connectivity index (χ4n) is 2.72. The molecule has 1 aromatic heterocycles. The molecule has 0 aliphatic carbocycles. The summed E-state index contributed by atoms with van der Waals surface area (Å²) in [4.78, 5) is 36.3. The molecule has 1 atom stereocenters. The van der Waals surface area contributed by atoms with Gasteiger partial charge in [-0.2, -0.15) is 0 Å². The van der Waals surface area contributed by atoms with Crippen molar-refractivity contribution in [1.82, 2.24) is 4.57 Å². The summed E-state index contributed by atoms with van der Waals surface area (Å²) in [6.45, 7) is 3.35. The second-order valence-corrected chi connectivity index (χ2v) is 6.68. The van der Waals surface area contributed by atoms with E-state index in [0.717, 1.165) is 5.56 Å². The largest absolute Gasteiger partial charge is 0.452 e. The minimum Gasteiger partial charge on any atom is -0.452 e. The highest BCUT2D eigenvalue weighted by molar-refractivity contribution is 6.31. The number of nitrogens with zero attached hydrogens (tertiary/aromatic N) is 1. The first-order chi connectivity index (χ1) is 13.4. The van der Waals surface area contributed by atoms with Crippen LogP contribution in [0.5, 0.6) is 0 Å². The number of esters is 1. The van der Waals surface area contributed by atoms with Gasteiger partial charge in [0.25, 0.3) is 5.91 Å². The van der Waals surface area contributed by atoms with Crippen molar-refractivity contribution in [3.8, 4) is 0 Å². The predicted molar refractivity (Wildman–Crippen MR) is 105 cm³/mol. The van der Waals surface area contributed by atoms with Gasteiger partial charge in [0.1, 0.15) is 0 Å². The van der Waals surface area contributed by atoms with E-state index in [1.54, 1.807) is 49.4 Å². The standard InChI is InChI=1S/C20H19ClN2O5/c1-12-14(21)6-5-7-15(12)22-19(25)13(2)27-18(24)10-11-23-16-8-3-4-9-17(16)28-20(23)26/h3-9,13H,10-11H2,1-2H3,(H,22,25)/t13-/m0/s1. The van der Waals surface area contributed by atoms with Gasteiger partial charge >= 0.3 is 11.7 Å². The summed E-state index contributed by atoms with van der Waals surface area (Å²) in [5.41, 5.74) is 2.33. The van der Waals surface area contributed by atoms with Crippen molar-refractivity contribution in [1.29, 1.82) is 0 Å². The number of carbonyl (C=O) groups excluding carboxylic acids is 2. The molecule has 2 aromatic carbocycles. The van der Waals surface area contributed by atoms with Crippen molar-refractivity contribution in [2.45, 2.75) is 32.9 Å². The van der Waals surface area contributed by atoms with Crippen LogP contribution in [0.15, 0.2) is 51.7 Å². The summed E-state index contributed by atoms with van der Waals surface area (Å²) in [5, 5.41) is 3.22. The van der Waals surface area contributed by atoms with E-state index in [0.29, 0.717) is 21.8 Å². The van der Waals surface area contributed by atoms with Crippen molar-refractivity contribution < 1.29 is 18.7 Å². The zero-order valence-electron chi connectivity index (χ0n) is 15.4. The van der Waals surface area contributed by atoms with Crippen molar-refractivity contribution >= 4 is 40.3 Å². The SMILES string of the molecule is Cc1c(Cl)cccc1NC(=O)[C@H](C)OC(=O)CCn1c(=O)oc2ccccc21. The summed E-state index contributed by atoms with van der Waals surface area (Å²) in [7, 11) is 0. The fourth-order valence-corrected chi connectivity index (χ4v) is 2.89. The number of anilines is 1. The lowest BCUT2D eigenvalue weighted by molar-refractivity contribution is -0.153. The smallest absolute Gasteiger partial charge is 0.419 e. The molecule has 0 spiro atoms. The van der Waals surface area contributed by atoms with Crippen LogP contribution in [0.3, 0.4) is 0 Å². The van der Waals surface area contributed by atoms with E-state index in [4.69, 9.17) is 20.8 Å². The molecule has 0 fully saturated rings. The molecule has 146 valence electrons. The van der Waals surface area contributed by atoms with Crippen LogP contribution < -0.4 is 11.1 Å². The molecular formula is C20H19ClN2O5. The number of nitrogens with one attached hydrogen (secondary N) is 1. The number of carbonyl (C=O) groups is 2. The number of para-hydroxylation sites is 2. The Morgan fingerprint density at radius 2 is 1.96 bits per heavy atom. The Kier molecular flexibility index (Phi) is 5.84. The number of oxazole rings is 1. The third kappa shape index (κ3) is 4.26. The molecule has 1 heterocycles. The Balaban J connectivity index is 1.58. The van der Waals surface area contributed by atoms with E-state index in [2.05, 4.69) is 5.32 Å². The number of hydrogen-bond donors (Lipinski definition) is 1. The molecule has 1 N–H and O–H groups in total. The molecule has 0 bridgehead atoms. The summed E-state index contributed by atoms with van der Waals surface area (Å²) in [6.07, 6.45) is -1.07. The number of benzene rings is 2. The second kappa shape index (κ2) is 8.31. The van der Waals surface area contributed by atoms with Crippen LogP contribution in [0, 0.1) is 6.92 Å². The molecule has 0 aliphatic rings. The molecule has 8 heteroatoms. The summed E-state index contributed by atoms with van der Waals surface area (Å²) >= 11 is 6.03. The molecule has 28 heavy (non-hydrogen) atoms. The molecule has 3 rings (SSSR count). The maximum Gasteiger partial charge on any atom is 0.419 e. The molecule has 1 amide bonds. The summed E-state index contributed by atoms with van der Waals surface area (Å²) in [6, 6.07) is 12.1. The predicted octanol–water partition coefficient (Wildman–Crippen LogP) is 3.52. The second-order valence-electron chi connectivity index (χ2n) is 6.27.